The average molecular weight is 422 g/mol. The molecule has 0 atom stereocenters. The average Bonchev–Trinajstić information content (AvgIpc) is 3.15. The molecule has 1 aromatic carbocycles. The van der Waals surface area contributed by atoms with E-state index >= 15 is 0 Å². The highest BCUT2D eigenvalue weighted by Crippen LogP contribution is 2.27. The number of nitrogens with zero attached hydrogens (tertiary/aromatic N) is 4. The van der Waals surface area contributed by atoms with Crippen molar-refractivity contribution in [1.82, 2.24) is 20.0 Å². The van der Waals surface area contributed by atoms with Gasteiger partial charge in [0.1, 0.15) is 0 Å². The van der Waals surface area contributed by atoms with Crippen LogP contribution in [0.4, 0.5) is 10.8 Å². The van der Waals surface area contributed by atoms with Crippen LogP contribution in [0, 0.1) is 6.92 Å². The summed E-state index contributed by atoms with van der Waals surface area (Å²) < 4.78 is 5.94. The molecule has 0 aliphatic carbocycles. The van der Waals surface area contributed by atoms with Crippen LogP contribution in [0.1, 0.15) is 5.56 Å². The molecule has 2 heterocycles. The second kappa shape index (κ2) is 9.85. The lowest BCUT2D eigenvalue weighted by Gasteiger charge is -2.28. The van der Waals surface area contributed by atoms with E-state index in [1.807, 2.05) is 31.2 Å². The molecule has 0 saturated carbocycles. The number of aryl methyl sites for hydroxylation is 1. The van der Waals surface area contributed by atoms with Gasteiger partial charge in [0.05, 0.1) is 25.5 Å². The highest BCUT2D eigenvalue weighted by molar-refractivity contribution is 8.01. The van der Waals surface area contributed by atoms with Crippen LogP contribution >= 0.6 is 23.1 Å². The number of hydrogen-bond donors (Lipinski definition) is 1. The third-order valence-corrected chi connectivity index (χ3v) is 6.15. The molecular formula is C18H23N5O3S2. The van der Waals surface area contributed by atoms with Crippen molar-refractivity contribution in [2.45, 2.75) is 11.3 Å². The van der Waals surface area contributed by atoms with Gasteiger partial charge in [-0.1, -0.05) is 40.8 Å². The maximum Gasteiger partial charge on any atom is 0.242 e. The first-order chi connectivity index (χ1) is 13.5. The van der Waals surface area contributed by atoms with Gasteiger partial charge in [0.25, 0.3) is 0 Å². The maximum atomic E-state index is 12.3. The molecule has 1 aliphatic heterocycles. The predicted molar refractivity (Wildman–Crippen MR) is 110 cm³/mol. The second-order valence-corrected chi connectivity index (χ2v) is 8.60. The lowest BCUT2D eigenvalue weighted by atomic mass is 10.2. The third kappa shape index (κ3) is 5.91. The van der Waals surface area contributed by atoms with Crippen LogP contribution < -0.4 is 5.32 Å². The number of aromatic nitrogens is 2. The van der Waals surface area contributed by atoms with E-state index in [0.29, 0.717) is 35.8 Å². The van der Waals surface area contributed by atoms with Crippen molar-refractivity contribution in [3.05, 3.63) is 29.8 Å². The fourth-order valence-corrected chi connectivity index (χ4v) is 4.23. The topological polar surface area (TPSA) is 87.7 Å². The lowest BCUT2D eigenvalue weighted by molar-refractivity contribution is -0.140. The number of morpholine rings is 1. The molecule has 1 aliphatic rings. The third-order valence-electron chi connectivity index (χ3n) is 4.19. The number of thioether (sulfide) groups is 1. The molecule has 3 rings (SSSR count). The molecule has 28 heavy (non-hydrogen) atoms. The summed E-state index contributed by atoms with van der Waals surface area (Å²) in [5.74, 6) is 0.0472. The Labute approximate surface area is 172 Å². The first-order valence-electron chi connectivity index (χ1n) is 8.91. The largest absolute Gasteiger partial charge is 0.378 e. The summed E-state index contributed by atoms with van der Waals surface area (Å²) in [7, 11) is 1.64. The molecule has 1 N–H and O–H groups in total. The zero-order valence-corrected chi connectivity index (χ0v) is 17.5. The molecule has 1 aromatic heterocycles. The van der Waals surface area contributed by atoms with Gasteiger partial charge in [0.2, 0.25) is 16.9 Å². The molecule has 2 amide bonds. The van der Waals surface area contributed by atoms with Gasteiger partial charge in [-0.05, 0) is 19.1 Å². The van der Waals surface area contributed by atoms with E-state index in [2.05, 4.69) is 15.5 Å². The normalized spacial score (nSPS) is 14.0. The molecule has 0 bridgehead atoms. The monoisotopic (exact) mass is 421 g/mol. The Hall–Kier alpha value is -2.17. The van der Waals surface area contributed by atoms with Crippen LogP contribution in [0.3, 0.4) is 0 Å². The van der Waals surface area contributed by atoms with Gasteiger partial charge in [0.15, 0.2) is 4.34 Å². The summed E-state index contributed by atoms with van der Waals surface area (Å²) in [5, 5.41) is 12.1. The van der Waals surface area contributed by atoms with Crippen LogP contribution in [0.2, 0.25) is 0 Å². The smallest absolute Gasteiger partial charge is 0.242 e. The molecule has 0 unspecified atom stereocenters. The van der Waals surface area contributed by atoms with Crippen LogP contribution in [0.5, 0.6) is 0 Å². The highest BCUT2D eigenvalue weighted by Gasteiger charge is 2.20. The van der Waals surface area contributed by atoms with Gasteiger partial charge in [0, 0.05) is 25.8 Å². The van der Waals surface area contributed by atoms with Gasteiger partial charge < -0.3 is 19.9 Å². The fraction of sp³-hybridized carbons (Fsp3) is 0.444. The number of benzene rings is 1. The quantitative estimate of drug-likeness (QED) is 0.684. The second-order valence-electron chi connectivity index (χ2n) is 6.40. The molecule has 1 saturated heterocycles. The molecular weight excluding hydrogens is 398 g/mol. The molecule has 10 heteroatoms. The Kier molecular flexibility index (Phi) is 7.24. The van der Waals surface area contributed by atoms with Gasteiger partial charge in [-0.25, -0.2) is 0 Å². The summed E-state index contributed by atoms with van der Waals surface area (Å²) in [6, 6.07) is 8.00. The van der Waals surface area contributed by atoms with Crippen molar-refractivity contribution < 1.29 is 14.3 Å². The number of carbonyl (C=O) groups excluding carboxylic acids is 2. The molecule has 0 spiro atoms. The minimum atomic E-state index is -0.116. The Morgan fingerprint density at radius 3 is 2.68 bits per heavy atom. The van der Waals surface area contributed by atoms with Crippen molar-refractivity contribution in [2.75, 3.05) is 51.0 Å². The number of nitrogens with one attached hydrogen (secondary N) is 1. The van der Waals surface area contributed by atoms with Gasteiger partial charge in [-0.15, -0.1) is 10.2 Å². The summed E-state index contributed by atoms with van der Waals surface area (Å²) in [5.41, 5.74) is 2.13. The summed E-state index contributed by atoms with van der Waals surface area (Å²) in [6.07, 6.45) is 0. The summed E-state index contributed by atoms with van der Waals surface area (Å²) in [4.78, 5) is 27.7. The minimum absolute atomic E-state index is 0.0513. The number of rotatable bonds is 7. The van der Waals surface area contributed by atoms with Crippen LogP contribution in [-0.2, 0) is 14.3 Å². The standard InChI is InChI=1S/C18H23N5O3S2/c1-13-3-5-14(6-4-13)19-17-20-21-18(28-17)27-12-16(25)22(2)11-15(24)23-7-9-26-10-8-23/h3-6H,7-12H2,1-2H3,(H,19,20). The Bertz CT molecular complexity index is 806. The zero-order valence-electron chi connectivity index (χ0n) is 15.9. The van der Waals surface area contributed by atoms with Gasteiger partial charge in [-0.2, -0.15) is 0 Å². The lowest BCUT2D eigenvalue weighted by Crippen LogP contribution is -2.46. The van der Waals surface area contributed by atoms with Crippen LogP contribution in [0.15, 0.2) is 28.6 Å². The number of ether oxygens (including phenoxy) is 1. The van der Waals surface area contributed by atoms with E-state index in [-0.39, 0.29) is 24.1 Å². The summed E-state index contributed by atoms with van der Waals surface area (Å²) in [6.45, 7) is 4.38. The number of carbonyl (C=O) groups is 2. The fourth-order valence-electron chi connectivity index (χ4n) is 2.52. The van der Waals surface area contributed by atoms with E-state index in [9.17, 15) is 9.59 Å². The van der Waals surface area contributed by atoms with E-state index in [1.54, 1.807) is 11.9 Å². The number of hydrogen-bond acceptors (Lipinski definition) is 8. The van der Waals surface area contributed by atoms with Crippen molar-refractivity contribution in [3.63, 3.8) is 0 Å². The van der Waals surface area contributed by atoms with Gasteiger partial charge in [-0.3, -0.25) is 9.59 Å². The van der Waals surface area contributed by atoms with Crippen LogP contribution in [0.25, 0.3) is 0 Å². The molecule has 150 valence electrons. The predicted octanol–water partition coefficient (Wildman–Crippen LogP) is 2.00. The molecule has 1 fully saturated rings. The number of amides is 2. The van der Waals surface area contributed by atoms with Crippen LogP contribution in [-0.4, -0.2) is 77.5 Å². The number of anilines is 2. The van der Waals surface area contributed by atoms with Crippen molar-refractivity contribution in [3.8, 4) is 0 Å². The number of likely N-dealkylation sites (N-methyl/N-ethyl adjacent to an activating group) is 1. The first kappa shape index (κ1) is 20.6. The highest BCUT2D eigenvalue weighted by atomic mass is 32.2. The Morgan fingerprint density at radius 2 is 1.96 bits per heavy atom. The Balaban J connectivity index is 1.44. The molecule has 2 aromatic rings. The zero-order chi connectivity index (χ0) is 19.9. The summed E-state index contributed by atoms with van der Waals surface area (Å²) >= 11 is 2.71. The SMILES string of the molecule is Cc1ccc(Nc2nnc(SCC(=O)N(C)CC(=O)N3CCOCC3)s2)cc1. The minimum Gasteiger partial charge on any atom is -0.378 e. The van der Waals surface area contributed by atoms with E-state index in [0.717, 1.165) is 5.69 Å². The molecule has 0 radical (unpaired) electrons. The van der Waals surface area contributed by atoms with Crippen molar-refractivity contribution in [2.24, 2.45) is 0 Å². The first-order valence-corrected chi connectivity index (χ1v) is 10.7. The van der Waals surface area contributed by atoms with Gasteiger partial charge >= 0.3 is 0 Å². The Morgan fingerprint density at radius 1 is 1.25 bits per heavy atom. The van der Waals surface area contributed by atoms with E-state index in [4.69, 9.17) is 4.74 Å². The van der Waals surface area contributed by atoms with E-state index in [1.165, 1.54) is 33.6 Å². The van der Waals surface area contributed by atoms with Crippen molar-refractivity contribution >= 4 is 45.7 Å². The van der Waals surface area contributed by atoms with E-state index < -0.39 is 0 Å². The van der Waals surface area contributed by atoms with Crippen molar-refractivity contribution in [1.29, 1.82) is 0 Å². The maximum absolute atomic E-state index is 12.3. The molecule has 8 nitrogen and oxygen atoms in total.